The maximum Gasteiger partial charge on any atom is 0.328 e. The van der Waals surface area contributed by atoms with Gasteiger partial charge in [-0.05, 0) is 107 Å². The number of hydrogen-bond acceptors (Lipinski definition) is 11. The third-order valence-electron chi connectivity index (χ3n) is 11.8. The van der Waals surface area contributed by atoms with E-state index in [0.717, 1.165) is 63.6 Å². The predicted molar refractivity (Wildman–Crippen MR) is 225 cm³/mol. The molecule has 0 saturated carbocycles. The lowest BCUT2D eigenvalue weighted by molar-refractivity contribution is -0.141. The molecule has 2 aromatic rings. The summed E-state index contributed by atoms with van der Waals surface area (Å²) in [5.41, 5.74) is 1.06. The SMILES string of the molecule is CCCO[C@H](C[C@@H](CC(=O)[C@@H](NC(=O)[C@H]1CCCCN1C)[C@@H](C)CC)C(C)C)c1nc(C(=O)N[C@@H](Cc2ccc(OC(=O)[C@H]3CCCN3)cc2)C[C@H](C)C(=O)O)cs1. The Morgan fingerprint density at radius 1 is 1.00 bits per heavy atom. The minimum atomic E-state index is -0.957. The third kappa shape index (κ3) is 13.9. The highest BCUT2D eigenvalue weighted by atomic mass is 32.1. The quantitative estimate of drug-likeness (QED) is 0.0725. The molecule has 2 aliphatic heterocycles. The van der Waals surface area contributed by atoms with E-state index < -0.39 is 36.0 Å². The molecule has 2 aliphatic rings. The molecule has 2 saturated heterocycles. The number of rotatable bonds is 23. The van der Waals surface area contributed by atoms with Crippen LogP contribution in [0.1, 0.15) is 133 Å². The predicted octanol–water partition coefficient (Wildman–Crippen LogP) is 6.36. The highest BCUT2D eigenvalue weighted by Crippen LogP contribution is 2.34. The Hall–Kier alpha value is -3.72. The first-order valence-corrected chi connectivity index (χ1v) is 22.3. The van der Waals surface area contributed by atoms with Crippen LogP contribution in [-0.2, 0) is 30.3 Å². The van der Waals surface area contributed by atoms with E-state index in [9.17, 15) is 29.1 Å². The zero-order chi connectivity index (χ0) is 42.4. The number of nitrogens with one attached hydrogen (secondary N) is 3. The van der Waals surface area contributed by atoms with Gasteiger partial charge in [0.1, 0.15) is 28.6 Å². The van der Waals surface area contributed by atoms with Gasteiger partial charge in [-0.3, -0.25) is 24.1 Å². The zero-order valence-corrected chi connectivity index (χ0v) is 36.4. The van der Waals surface area contributed by atoms with E-state index >= 15 is 0 Å². The molecule has 3 heterocycles. The molecule has 0 spiro atoms. The van der Waals surface area contributed by atoms with Gasteiger partial charge in [-0.15, -0.1) is 11.3 Å². The number of carbonyl (C=O) groups excluding carboxylic acids is 4. The second-order valence-corrected chi connectivity index (χ2v) is 17.7. The summed E-state index contributed by atoms with van der Waals surface area (Å²) in [6.45, 7) is 14.0. The summed E-state index contributed by atoms with van der Waals surface area (Å²) in [6, 6.07) is 5.42. The molecule has 0 bridgehead atoms. The lowest BCUT2D eigenvalue weighted by Gasteiger charge is -2.34. The summed E-state index contributed by atoms with van der Waals surface area (Å²) >= 11 is 1.33. The average molecular weight is 826 g/mol. The van der Waals surface area contributed by atoms with Crippen LogP contribution in [0.5, 0.6) is 5.75 Å². The van der Waals surface area contributed by atoms with Gasteiger partial charge >= 0.3 is 11.9 Å². The number of ketones is 1. The van der Waals surface area contributed by atoms with E-state index in [-0.39, 0.29) is 66.0 Å². The standard InChI is InChI=1S/C44H67N5O8S/c1-8-21-56-38(25-31(27(3)4)24-37(50)39(28(5)9-2)48-41(52)36-14-10-11-20-49(36)7)42-47-35(26-58-42)40(51)46-32(22-29(6)43(53)54)23-30-15-17-33(18-16-30)57-44(55)34-13-12-19-45-34/h15-18,26-29,31-32,34,36,38-39,45H,8-14,19-25H2,1-7H3,(H,46,51)(H,48,52)(H,53,54)/t28-,29-,31+,32+,34+,36+,38+,39-/m0/s1. The number of nitrogens with zero attached hydrogens (tertiary/aromatic N) is 2. The Kier molecular flexibility index (Phi) is 18.8. The Morgan fingerprint density at radius 2 is 1.74 bits per heavy atom. The van der Waals surface area contributed by atoms with Gasteiger partial charge in [-0.1, -0.05) is 66.5 Å². The number of benzene rings is 1. The van der Waals surface area contributed by atoms with Crippen molar-refractivity contribution < 1.29 is 38.6 Å². The lowest BCUT2D eigenvalue weighted by atomic mass is 9.82. The van der Waals surface area contributed by atoms with Crippen molar-refractivity contribution in [2.75, 3.05) is 26.7 Å². The van der Waals surface area contributed by atoms with Crippen molar-refractivity contribution in [3.8, 4) is 5.75 Å². The van der Waals surface area contributed by atoms with E-state index in [1.54, 1.807) is 24.4 Å². The molecular formula is C44H67N5O8S. The number of aromatic nitrogens is 1. The third-order valence-corrected chi connectivity index (χ3v) is 12.7. The second kappa shape index (κ2) is 23.2. The minimum Gasteiger partial charge on any atom is -0.481 e. The molecule has 8 atom stereocenters. The maximum atomic E-state index is 14.1. The molecule has 1 aromatic heterocycles. The van der Waals surface area contributed by atoms with Crippen LogP contribution in [0, 0.1) is 23.7 Å². The number of ether oxygens (including phenoxy) is 2. The molecule has 58 heavy (non-hydrogen) atoms. The topological polar surface area (TPSA) is 176 Å². The van der Waals surface area contributed by atoms with Crippen LogP contribution in [0.2, 0.25) is 0 Å². The Balaban J connectivity index is 1.45. The monoisotopic (exact) mass is 825 g/mol. The molecule has 4 rings (SSSR count). The fourth-order valence-electron chi connectivity index (χ4n) is 7.75. The van der Waals surface area contributed by atoms with Gasteiger partial charge in [0.25, 0.3) is 5.91 Å². The molecule has 14 heteroatoms. The molecular weight excluding hydrogens is 759 g/mol. The van der Waals surface area contributed by atoms with Gasteiger partial charge in [0.15, 0.2) is 5.78 Å². The number of carboxylic acid groups (broad SMARTS) is 1. The molecule has 2 amide bonds. The van der Waals surface area contributed by atoms with Crippen molar-refractivity contribution in [1.82, 2.24) is 25.8 Å². The van der Waals surface area contributed by atoms with Crippen LogP contribution >= 0.6 is 11.3 Å². The molecule has 1 aromatic carbocycles. The van der Waals surface area contributed by atoms with Crippen molar-refractivity contribution in [2.45, 2.75) is 142 Å². The number of Topliss-reactive ketones (excluding diaryl/α,β-unsaturated/α-hetero) is 1. The molecule has 13 nitrogen and oxygen atoms in total. The van der Waals surface area contributed by atoms with Crippen molar-refractivity contribution in [1.29, 1.82) is 0 Å². The summed E-state index contributed by atoms with van der Waals surface area (Å²) in [4.78, 5) is 72.3. The summed E-state index contributed by atoms with van der Waals surface area (Å²) in [5.74, 6) is -1.97. The van der Waals surface area contributed by atoms with E-state index in [1.165, 1.54) is 11.3 Å². The summed E-state index contributed by atoms with van der Waals surface area (Å²) < 4.78 is 11.9. The van der Waals surface area contributed by atoms with Gasteiger partial charge in [0.05, 0.1) is 18.0 Å². The van der Waals surface area contributed by atoms with E-state index in [4.69, 9.17) is 14.5 Å². The zero-order valence-electron chi connectivity index (χ0n) is 35.6. The van der Waals surface area contributed by atoms with E-state index in [1.807, 2.05) is 40.0 Å². The second-order valence-electron chi connectivity index (χ2n) is 16.8. The van der Waals surface area contributed by atoms with Crippen LogP contribution in [-0.4, -0.2) is 95.4 Å². The van der Waals surface area contributed by atoms with E-state index in [0.29, 0.717) is 30.2 Å². The average Bonchev–Trinajstić information content (AvgIpc) is 3.92. The van der Waals surface area contributed by atoms with Crippen molar-refractivity contribution in [3.05, 3.63) is 45.9 Å². The lowest BCUT2D eigenvalue weighted by Crippen LogP contribution is -2.54. The minimum absolute atomic E-state index is 0.0178. The number of carboxylic acids is 1. The summed E-state index contributed by atoms with van der Waals surface area (Å²) in [6.07, 6.45) is 6.98. The fraction of sp³-hybridized carbons (Fsp3) is 0.682. The number of thiazole rings is 1. The number of likely N-dealkylation sites (tertiary alicyclic amines) is 1. The first kappa shape index (κ1) is 47.0. The smallest absolute Gasteiger partial charge is 0.328 e. The van der Waals surface area contributed by atoms with Crippen molar-refractivity contribution in [2.24, 2.45) is 23.7 Å². The van der Waals surface area contributed by atoms with Gasteiger partial charge in [-0.2, -0.15) is 0 Å². The molecule has 2 fully saturated rings. The number of likely N-dealkylation sites (N-methyl/N-ethyl adjacent to an activating group) is 1. The van der Waals surface area contributed by atoms with Gasteiger partial charge < -0.3 is 30.5 Å². The number of carbonyl (C=O) groups is 5. The fourth-order valence-corrected chi connectivity index (χ4v) is 8.61. The molecule has 0 radical (unpaired) electrons. The van der Waals surface area contributed by atoms with Crippen LogP contribution in [0.25, 0.3) is 0 Å². The van der Waals surface area contributed by atoms with Crippen molar-refractivity contribution >= 4 is 40.9 Å². The number of piperidine rings is 1. The largest absolute Gasteiger partial charge is 0.481 e. The maximum absolute atomic E-state index is 14.1. The molecule has 4 N–H and O–H groups in total. The number of esters is 1. The summed E-state index contributed by atoms with van der Waals surface area (Å²) in [5, 5.41) is 21.3. The first-order chi connectivity index (χ1) is 27.7. The Bertz CT molecular complexity index is 1640. The highest BCUT2D eigenvalue weighted by molar-refractivity contribution is 7.09. The van der Waals surface area contributed by atoms with Gasteiger partial charge in [0.2, 0.25) is 5.91 Å². The van der Waals surface area contributed by atoms with Crippen LogP contribution in [0.3, 0.4) is 0 Å². The normalized spacial score (nSPS) is 20.4. The highest BCUT2D eigenvalue weighted by Gasteiger charge is 2.34. The summed E-state index contributed by atoms with van der Waals surface area (Å²) in [7, 11) is 1.97. The molecule has 0 aliphatic carbocycles. The Morgan fingerprint density at radius 3 is 2.36 bits per heavy atom. The molecule has 322 valence electrons. The van der Waals surface area contributed by atoms with Crippen LogP contribution in [0.15, 0.2) is 29.6 Å². The first-order valence-electron chi connectivity index (χ1n) is 21.4. The number of hydrogen-bond donors (Lipinski definition) is 4. The number of amides is 2. The molecule has 0 unspecified atom stereocenters. The van der Waals surface area contributed by atoms with Gasteiger partial charge in [-0.25, -0.2) is 9.78 Å². The van der Waals surface area contributed by atoms with E-state index in [2.05, 4.69) is 34.7 Å². The van der Waals surface area contributed by atoms with Crippen LogP contribution in [0.4, 0.5) is 0 Å². The van der Waals surface area contributed by atoms with Crippen LogP contribution < -0.4 is 20.7 Å². The van der Waals surface area contributed by atoms with Gasteiger partial charge in [0, 0.05) is 24.4 Å². The Labute approximate surface area is 348 Å². The van der Waals surface area contributed by atoms with Crippen molar-refractivity contribution in [3.63, 3.8) is 0 Å². The number of aliphatic carboxylic acids is 1.